The summed E-state index contributed by atoms with van der Waals surface area (Å²) >= 11 is 0. The fourth-order valence-electron chi connectivity index (χ4n) is 5.98. The standard InChI is InChI=1S/C35H48N6O3/c1-23(2)38-34(42)32-20-25(4)33(27(6)39-32)35(43)37-17-13-26(5)40-18-14-30(15-19-40)41(22-28-21-36-16-12-24(28)3)29-8-10-31(44-7)11-9-29/h8-12,16,20-21,23,26,30H,13-15,17-19,22H2,1-7H3,(H,37,43)(H,38,42)/t26-/m1/s1. The number of likely N-dealkylation sites (tertiary alicyclic amines) is 1. The van der Waals surface area contributed by atoms with Gasteiger partial charge in [0, 0.05) is 62.4 Å². The molecule has 4 rings (SSSR count). The van der Waals surface area contributed by atoms with Crippen molar-refractivity contribution in [2.24, 2.45) is 0 Å². The summed E-state index contributed by atoms with van der Waals surface area (Å²) in [6, 6.07) is 12.9. The fourth-order valence-corrected chi connectivity index (χ4v) is 5.98. The Morgan fingerprint density at radius 2 is 1.73 bits per heavy atom. The van der Waals surface area contributed by atoms with Crippen LogP contribution in [0.2, 0.25) is 0 Å². The van der Waals surface area contributed by atoms with Crippen LogP contribution in [0.5, 0.6) is 5.75 Å². The number of hydrogen-bond acceptors (Lipinski definition) is 7. The van der Waals surface area contributed by atoms with Crippen LogP contribution in [0.1, 0.15) is 83.3 Å². The Morgan fingerprint density at radius 1 is 1.02 bits per heavy atom. The SMILES string of the molecule is COc1ccc(N(Cc2cnccc2C)C2CCN([C@H](C)CCNC(=O)c3c(C)cc(C(=O)NC(C)C)nc3C)CC2)cc1. The highest BCUT2D eigenvalue weighted by atomic mass is 16.5. The van der Waals surface area contributed by atoms with E-state index in [0.717, 1.165) is 50.2 Å². The number of aryl methyl sites for hydroxylation is 3. The minimum absolute atomic E-state index is 0.0178. The smallest absolute Gasteiger partial charge is 0.270 e. The van der Waals surface area contributed by atoms with E-state index < -0.39 is 0 Å². The van der Waals surface area contributed by atoms with Crippen LogP contribution in [0.25, 0.3) is 0 Å². The van der Waals surface area contributed by atoms with Gasteiger partial charge in [0.1, 0.15) is 11.4 Å². The molecule has 2 N–H and O–H groups in total. The van der Waals surface area contributed by atoms with Gasteiger partial charge < -0.3 is 25.2 Å². The lowest BCUT2D eigenvalue weighted by Gasteiger charge is -2.42. The molecule has 0 radical (unpaired) electrons. The molecular weight excluding hydrogens is 552 g/mol. The van der Waals surface area contributed by atoms with Gasteiger partial charge in [-0.1, -0.05) is 0 Å². The molecule has 9 heteroatoms. The largest absolute Gasteiger partial charge is 0.497 e. The number of piperidine rings is 1. The number of nitrogens with zero attached hydrogens (tertiary/aromatic N) is 4. The van der Waals surface area contributed by atoms with E-state index in [1.165, 1.54) is 16.8 Å². The van der Waals surface area contributed by atoms with Gasteiger partial charge in [-0.2, -0.15) is 0 Å². The Balaban J connectivity index is 1.32. The van der Waals surface area contributed by atoms with Crippen LogP contribution in [-0.2, 0) is 6.54 Å². The van der Waals surface area contributed by atoms with Crippen LogP contribution < -0.4 is 20.3 Å². The number of ether oxygens (including phenoxy) is 1. The van der Waals surface area contributed by atoms with Gasteiger partial charge in [-0.15, -0.1) is 0 Å². The van der Waals surface area contributed by atoms with E-state index in [9.17, 15) is 9.59 Å². The summed E-state index contributed by atoms with van der Waals surface area (Å²) in [5.41, 5.74) is 5.88. The third-order valence-corrected chi connectivity index (χ3v) is 8.58. The molecule has 2 aromatic heterocycles. The number of anilines is 1. The van der Waals surface area contributed by atoms with Crippen LogP contribution in [0, 0.1) is 20.8 Å². The second-order valence-corrected chi connectivity index (χ2v) is 12.2. The molecular formula is C35H48N6O3. The van der Waals surface area contributed by atoms with Crippen LogP contribution in [0.4, 0.5) is 5.69 Å². The second-order valence-electron chi connectivity index (χ2n) is 12.2. The van der Waals surface area contributed by atoms with Crippen molar-refractivity contribution in [1.82, 2.24) is 25.5 Å². The van der Waals surface area contributed by atoms with Crippen molar-refractivity contribution in [1.29, 1.82) is 0 Å². The van der Waals surface area contributed by atoms with Gasteiger partial charge in [-0.05, 0) is 114 Å². The van der Waals surface area contributed by atoms with E-state index in [2.05, 4.69) is 62.4 Å². The number of carbonyl (C=O) groups excluding carboxylic acids is 2. The fraction of sp³-hybridized carbons (Fsp3) is 0.486. The van der Waals surface area contributed by atoms with E-state index in [-0.39, 0.29) is 17.9 Å². The molecule has 1 aliphatic rings. The summed E-state index contributed by atoms with van der Waals surface area (Å²) in [4.78, 5) is 39.3. The Kier molecular flexibility index (Phi) is 11.3. The molecule has 1 fully saturated rings. The first-order valence-electron chi connectivity index (χ1n) is 15.7. The summed E-state index contributed by atoms with van der Waals surface area (Å²) < 4.78 is 5.40. The summed E-state index contributed by atoms with van der Waals surface area (Å²) in [5.74, 6) is 0.486. The van der Waals surface area contributed by atoms with Crippen LogP contribution >= 0.6 is 0 Å². The molecule has 1 aromatic carbocycles. The predicted molar refractivity (Wildman–Crippen MR) is 175 cm³/mol. The molecule has 3 heterocycles. The van der Waals surface area contributed by atoms with E-state index in [1.54, 1.807) is 20.1 Å². The quantitative estimate of drug-likeness (QED) is 0.294. The number of benzene rings is 1. The molecule has 44 heavy (non-hydrogen) atoms. The zero-order valence-corrected chi connectivity index (χ0v) is 27.3. The third-order valence-electron chi connectivity index (χ3n) is 8.58. The first kappa shape index (κ1) is 32.9. The number of hydrogen-bond donors (Lipinski definition) is 2. The normalized spacial score (nSPS) is 14.7. The monoisotopic (exact) mass is 600 g/mol. The molecule has 0 saturated carbocycles. The minimum Gasteiger partial charge on any atom is -0.497 e. The van der Waals surface area contributed by atoms with Gasteiger partial charge in [0.05, 0.1) is 18.4 Å². The van der Waals surface area contributed by atoms with E-state index in [4.69, 9.17) is 4.74 Å². The van der Waals surface area contributed by atoms with Gasteiger partial charge in [0.2, 0.25) is 0 Å². The number of pyridine rings is 2. The molecule has 0 unspecified atom stereocenters. The number of nitrogens with one attached hydrogen (secondary N) is 2. The topological polar surface area (TPSA) is 99.7 Å². The first-order chi connectivity index (χ1) is 21.1. The summed E-state index contributed by atoms with van der Waals surface area (Å²) in [7, 11) is 1.69. The lowest BCUT2D eigenvalue weighted by Crippen LogP contribution is -2.48. The number of methoxy groups -OCH3 is 1. The maximum absolute atomic E-state index is 13.1. The van der Waals surface area contributed by atoms with Crippen molar-refractivity contribution in [3.05, 3.63) is 82.4 Å². The lowest BCUT2D eigenvalue weighted by molar-refractivity contribution is 0.0926. The highest BCUT2D eigenvalue weighted by Gasteiger charge is 2.28. The molecule has 1 saturated heterocycles. The van der Waals surface area contributed by atoms with Crippen molar-refractivity contribution >= 4 is 17.5 Å². The number of aromatic nitrogens is 2. The molecule has 3 aromatic rings. The first-order valence-corrected chi connectivity index (χ1v) is 15.7. The van der Waals surface area contributed by atoms with E-state index in [1.807, 2.05) is 45.3 Å². The van der Waals surface area contributed by atoms with Crippen molar-refractivity contribution in [2.45, 2.75) is 85.5 Å². The summed E-state index contributed by atoms with van der Waals surface area (Å²) in [6.45, 7) is 15.2. The molecule has 2 amide bonds. The summed E-state index contributed by atoms with van der Waals surface area (Å²) in [6.07, 6.45) is 6.80. The Bertz CT molecular complexity index is 1390. The van der Waals surface area contributed by atoms with Gasteiger partial charge in [0.25, 0.3) is 11.8 Å². The average Bonchev–Trinajstić information content (AvgIpc) is 3.00. The predicted octanol–water partition coefficient (Wildman–Crippen LogP) is 5.23. The van der Waals surface area contributed by atoms with E-state index >= 15 is 0 Å². The molecule has 1 atom stereocenters. The maximum Gasteiger partial charge on any atom is 0.270 e. The zero-order valence-electron chi connectivity index (χ0n) is 27.3. The Labute approximate surface area is 262 Å². The summed E-state index contributed by atoms with van der Waals surface area (Å²) in [5, 5.41) is 5.95. The van der Waals surface area contributed by atoms with Crippen molar-refractivity contribution in [3.8, 4) is 5.75 Å². The molecule has 0 aliphatic carbocycles. The van der Waals surface area contributed by atoms with E-state index in [0.29, 0.717) is 35.6 Å². The zero-order chi connectivity index (χ0) is 31.8. The molecule has 9 nitrogen and oxygen atoms in total. The van der Waals surface area contributed by atoms with Crippen LogP contribution in [0.3, 0.4) is 0 Å². The second kappa shape index (κ2) is 15.1. The minimum atomic E-state index is -0.227. The third kappa shape index (κ3) is 8.34. The maximum atomic E-state index is 13.1. The number of amides is 2. The molecule has 0 spiro atoms. The highest BCUT2D eigenvalue weighted by molar-refractivity contribution is 5.98. The number of carbonyl (C=O) groups is 2. The van der Waals surface area contributed by atoms with Crippen molar-refractivity contribution in [3.63, 3.8) is 0 Å². The Morgan fingerprint density at radius 3 is 2.34 bits per heavy atom. The highest BCUT2D eigenvalue weighted by Crippen LogP contribution is 2.29. The van der Waals surface area contributed by atoms with Crippen LogP contribution in [0.15, 0.2) is 48.8 Å². The molecule has 236 valence electrons. The lowest BCUT2D eigenvalue weighted by atomic mass is 9.99. The molecule has 1 aliphatic heterocycles. The van der Waals surface area contributed by atoms with Gasteiger partial charge in [0.15, 0.2) is 0 Å². The molecule has 0 bridgehead atoms. The number of rotatable bonds is 12. The van der Waals surface area contributed by atoms with Crippen LogP contribution in [-0.4, -0.2) is 71.6 Å². The Hall–Kier alpha value is -3.98. The average molecular weight is 601 g/mol. The van der Waals surface area contributed by atoms with Gasteiger partial charge >= 0.3 is 0 Å². The van der Waals surface area contributed by atoms with Gasteiger partial charge in [-0.3, -0.25) is 14.6 Å². The van der Waals surface area contributed by atoms with Gasteiger partial charge in [-0.25, -0.2) is 4.98 Å². The van der Waals surface area contributed by atoms with Crippen molar-refractivity contribution in [2.75, 3.05) is 31.6 Å². The van der Waals surface area contributed by atoms with Crippen molar-refractivity contribution < 1.29 is 14.3 Å².